The van der Waals surface area contributed by atoms with E-state index in [-0.39, 0.29) is 17.3 Å². The zero-order valence-corrected chi connectivity index (χ0v) is 14.6. The molecule has 3 N–H and O–H groups in total. The summed E-state index contributed by atoms with van der Waals surface area (Å²) in [6, 6.07) is 9.55. The van der Waals surface area contributed by atoms with Crippen LogP contribution in [0.3, 0.4) is 0 Å². The summed E-state index contributed by atoms with van der Waals surface area (Å²) in [6.45, 7) is 4.05. The lowest BCUT2D eigenvalue weighted by atomic mass is 10.0. The molecule has 0 aliphatic carbocycles. The molecule has 0 spiro atoms. The van der Waals surface area contributed by atoms with Crippen LogP contribution in [0, 0.1) is 13.8 Å². The number of nitrogens with two attached hydrogens (primary N) is 1. The summed E-state index contributed by atoms with van der Waals surface area (Å²) in [5.74, 6) is 0.538. The summed E-state index contributed by atoms with van der Waals surface area (Å²) in [4.78, 5) is 12.4. The van der Waals surface area contributed by atoms with Crippen LogP contribution in [0.5, 0.6) is 5.75 Å². The van der Waals surface area contributed by atoms with Crippen molar-refractivity contribution in [2.45, 2.75) is 25.3 Å². The number of ether oxygens (including phenoxy) is 1. The molecule has 0 aliphatic heterocycles. The number of carbonyl (C=O) groups is 1. The molecule has 0 radical (unpaired) electrons. The largest absolute Gasteiger partial charge is 0.496 e. The van der Waals surface area contributed by atoms with Gasteiger partial charge in [-0.3, -0.25) is 4.79 Å². The number of amides is 1. The fourth-order valence-corrected chi connectivity index (χ4v) is 2.85. The van der Waals surface area contributed by atoms with Gasteiger partial charge in [0, 0.05) is 12.1 Å². The SMILES string of the molecule is COc1ccc(C(=O)NCc2ccc(S(N)(=O)=O)cc2)c(C)c1C. The maximum Gasteiger partial charge on any atom is 0.251 e. The second-order valence-electron chi connectivity index (χ2n) is 5.44. The van der Waals surface area contributed by atoms with Crippen molar-refractivity contribution in [3.05, 3.63) is 58.7 Å². The van der Waals surface area contributed by atoms with Crippen molar-refractivity contribution in [1.29, 1.82) is 0 Å². The molecular weight excluding hydrogens is 328 g/mol. The maximum absolute atomic E-state index is 12.3. The Labute approximate surface area is 141 Å². The Kier molecular flexibility index (Phi) is 5.26. The number of rotatable bonds is 5. The molecule has 7 heteroatoms. The highest BCUT2D eigenvalue weighted by molar-refractivity contribution is 7.89. The van der Waals surface area contributed by atoms with Crippen LogP contribution in [0.2, 0.25) is 0 Å². The van der Waals surface area contributed by atoms with Gasteiger partial charge >= 0.3 is 0 Å². The van der Waals surface area contributed by atoms with E-state index in [9.17, 15) is 13.2 Å². The van der Waals surface area contributed by atoms with Crippen molar-refractivity contribution in [1.82, 2.24) is 5.32 Å². The van der Waals surface area contributed by atoms with E-state index in [1.54, 1.807) is 31.4 Å². The number of hydrogen-bond acceptors (Lipinski definition) is 4. The topological polar surface area (TPSA) is 98.5 Å². The molecule has 0 aliphatic rings. The second kappa shape index (κ2) is 7.02. The lowest BCUT2D eigenvalue weighted by molar-refractivity contribution is 0.0950. The number of primary sulfonamides is 1. The van der Waals surface area contributed by atoms with Crippen LogP contribution in [0.1, 0.15) is 27.0 Å². The van der Waals surface area contributed by atoms with E-state index in [2.05, 4.69) is 5.32 Å². The third kappa shape index (κ3) is 3.93. The van der Waals surface area contributed by atoms with Crippen LogP contribution in [-0.2, 0) is 16.6 Å². The lowest BCUT2D eigenvalue weighted by Crippen LogP contribution is -2.24. The van der Waals surface area contributed by atoms with Crippen molar-refractivity contribution in [2.75, 3.05) is 7.11 Å². The first kappa shape index (κ1) is 18.0. The summed E-state index contributed by atoms with van der Waals surface area (Å²) in [5, 5.41) is 7.87. The molecule has 24 heavy (non-hydrogen) atoms. The van der Waals surface area contributed by atoms with Gasteiger partial charge < -0.3 is 10.1 Å². The van der Waals surface area contributed by atoms with E-state index in [0.29, 0.717) is 5.56 Å². The zero-order valence-electron chi connectivity index (χ0n) is 13.8. The first-order valence-corrected chi connectivity index (χ1v) is 8.83. The van der Waals surface area contributed by atoms with Crippen LogP contribution in [0.4, 0.5) is 0 Å². The molecule has 0 saturated carbocycles. The number of hydrogen-bond donors (Lipinski definition) is 2. The monoisotopic (exact) mass is 348 g/mol. The molecule has 0 bridgehead atoms. The minimum Gasteiger partial charge on any atom is -0.496 e. The average Bonchev–Trinajstić information content (AvgIpc) is 2.54. The van der Waals surface area contributed by atoms with Gasteiger partial charge in [0.15, 0.2) is 0 Å². The number of carbonyl (C=O) groups excluding carboxylic acids is 1. The summed E-state index contributed by atoms with van der Waals surface area (Å²) < 4.78 is 27.7. The molecular formula is C17H20N2O4S. The molecule has 128 valence electrons. The van der Waals surface area contributed by atoms with E-state index in [0.717, 1.165) is 22.4 Å². The Hall–Kier alpha value is -2.38. The predicted molar refractivity (Wildman–Crippen MR) is 91.5 cm³/mol. The molecule has 6 nitrogen and oxygen atoms in total. The van der Waals surface area contributed by atoms with Gasteiger partial charge in [-0.1, -0.05) is 12.1 Å². The predicted octanol–water partition coefficient (Wildman–Crippen LogP) is 1.89. The van der Waals surface area contributed by atoms with Crippen molar-refractivity contribution < 1.29 is 17.9 Å². The van der Waals surface area contributed by atoms with E-state index in [4.69, 9.17) is 9.88 Å². The van der Waals surface area contributed by atoms with Crippen LogP contribution >= 0.6 is 0 Å². The van der Waals surface area contributed by atoms with Crippen LogP contribution < -0.4 is 15.2 Å². The lowest BCUT2D eigenvalue weighted by Gasteiger charge is -2.13. The molecule has 2 aromatic carbocycles. The summed E-state index contributed by atoms with van der Waals surface area (Å²) in [5.41, 5.74) is 3.13. The van der Waals surface area contributed by atoms with E-state index in [1.807, 2.05) is 13.8 Å². The molecule has 0 aromatic heterocycles. The fourth-order valence-electron chi connectivity index (χ4n) is 2.34. The number of benzene rings is 2. The highest BCUT2D eigenvalue weighted by Gasteiger charge is 2.13. The normalized spacial score (nSPS) is 11.2. The Morgan fingerprint density at radius 3 is 2.25 bits per heavy atom. The van der Waals surface area contributed by atoms with E-state index < -0.39 is 10.0 Å². The van der Waals surface area contributed by atoms with Crippen molar-refractivity contribution in [3.8, 4) is 5.75 Å². The van der Waals surface area contributed by atoms with Gasteiger partial charge in [-0.05, 0) is 54.8 Å². The quantitative estimate of drug-likeness (QED) is 0.862. The fraction of sp³-hybridized carbons (Fsp3) is 0.235. The van der Waals surface area contributed by atoms with E-state index in [1.165, 1.54) is 12.1 Å². The zero-order chi connectivity index (χ0) is 17.9. The van der Waals surface area contributed by atoms with Gasteiger partial charge in [0.05, 0.1) is 12.0 Å². The third-order valence-corrected chi connectivity index (χ3v) is 4.84. The van der Waals surface area contributed by atoms with Crippen molar-refractivity contribution >= 4 is 15.9 Å². The number of sulfonamides is 1. The van der Waals surface area contributed by atoms with Crippen LogP contribution in [0.15, 0.2) is 41.3 Å². The van der Waals surface area contributed by atoms with Gasteiger partial charge in [-0.2, -0.15) is 0 Å². The summed E-state index contributed by atoms with van der Waals surface area (Å²) >= 11 is 0. The van der Waals surface area contributed by atoms with Crippen molar-refractivity contribution in [2.24, 2.45) is 5.14 Å². The Bertz CT molecular complexity index is 859. The number of nitrogens with one attached hydrogen (secondary N) is 1. The summed E-state index contributed by atoms with van der Waals surface area (Å²) in [7, 11) is -2.12. The van der Waals surface area contributed by atoms with Crippen LogP contribution in [-0.4, -0.2) is 21.4 Å². The highest BCUT2D eigenvalue weighted by Crippen LogP contribution is 2.23. The van der Waals surface area contributed by atoms with E-state index >= 15 is 0 Å². The average molecular weight is 348 g/mol. The molecule has 1 amide bonds. The Morgan fingerprint density at radius 2 is 1.71 bits per heavy atom. The minimum absolute atomic E-state index is 0.0409. The van der Waals surface area contributed by atoms with Gasteiger partial charge in [-0.15, -0.1) is 0 Å². The van der Waals surface area contributed by atoms with Crippen molar-refractivity contribution in [3.63, 3.8) is 0 Å². The Morgan fingerprint density at radius 1 is 1.08 bits per heavy atom. The molecule has 0 heterocycles. The standard InChI is InChI=1S/C17H20N2O4S/c1-11-12(2)16(23-3)9-8-15(11)17(20)19-10-13-4-6-14(7-5-13)24(18,21)22/h4-9H,10H2,1-3H3,(H,19,20)(H2,18,21,22). The molecule has 0 atom stereocenters. The second-order valence-corrected chi connectivity index (χ2v) is 7.00. The Balaban J connectivity index is 2.10. The first-order valence-electron chi connectivity index (χ1n) is 7.28. The highest BCUT2D eigenvalue weighted by atomic mass is 32.2. The molecule has 0 saturated heterocycles. The molecule has 0 unspecified atom stereocenters. The van der Waals surface area contributed by atoms with Gasteiger partial charge in [0.2, 0.25) is 10.0 Å². The molecule has 2 aromatic rings. The maximum atomic E-state index is 12.3. The van der Waals surface area contributed by atoms with Gasteiger partial charge in [0.1, 0.15) is 5.75 Å². The molecule has 0 fully saturated rings. The third-order valence-electron chi connectivity index (χ3n) is 3.91. The smallest absolute Gasteiger partial charge is 0.251 e. The van der Waals surface area contributed by atoms with Gasteiger partial charge in [-0.25, -0.2) is 13.6 Å². The van der Waals surface area contributed by atoms with Gasteiger partial charge in [0.25, 0.3) is 5.91 Å². The minimum atomic E-state index is -3.71. The number of methoxy groups -OCH3 is 1. The first-order chi connectivity index (χ1) is 11.2. The summed E-state index contributed by atoms with van der Waals surface area (Å²) in [6.07, 6.45) is 0. The van der Waals surface area contributed by atoms with Crippen LogP contribution in [0.25, 0.3) is 0 Å². The molecule has 2 rings (SSSR count).